The average Bonchev–Trinajstić information content (AvgIpc) is 2.28. The Morgan fingerprint density at radius 2 is 2.44 bits per heavy atom. The summed E-state index contributed by atoms with van der Waals surface area (Å²) in [6, 6.07) is 1.62. The molecular formula is C9H13ClN4O2. The zero-order valence-corrected chi connectivity index (χ0v) is 9.59. The van der Waals surface area contributed by atoms with E-state index in [0.717, 1.165) is 0 Å². The molecule has 1 aromatic rings. The number of rotatable bonds is 2. The lowest BCUT2D eigenvalue weighted by atomic mass is 10.3. The summed E-state index contributed by atoms with van der Waals surface area (Å²) in [6.07, 6.45) is 1.27. The van der Waals surface area contributed by atoms with Gasteiger partial charge in [-0.25, -0.2) is 9.97 Å². The van der Waals surface area contributed by atoms with Gasteiger partial charge in [-0.3, -0.25) is 0 Å². The van der Waals surface area contributed by atoms with Gasteiger partial charge in [0.25, 0.3) is 0 Å². The monoisotopic (exact) mass is 244 g/mol. The third-order valence-corrected chi connectivity index (χ3v) is 2.51. The van der Waals surface area contributed by atoms with Crippen LogP contribution in [0.25, 0.3) is 0 Å². The van der Waals surface area contributed by atoms with Crippen LogP contribution in [0.5, 0.6) is 0 Å². The first kappa shape index (κ1) is 11.5. The van der Waals surface area contributed by atoms with Crippen molar-refractivity contribution >= 4 is 17.4 Å². The predicted octanol–water partition coefficient (Wildman–Crippen LogP) is 0.558. The SMILES string of the molecule is CON1CC(Cl)OC(c2nccc(N)n2)C1. The molecule has 16 heavy (non-hydrogen) atoms. The van der Waals surface area contributed by atoms with Gasteiger partial charge in [0.05, 0.1) is 20.2 Å². The average molecular weight is 245 g/mol. The van der Waals surface area contributed by atoms with E-state index < -0.39 is 5.56 Å². The first-order valence-electron chi connectivity index (χ1n) is 4.86. The van der Waals surface area contributed by atoms with Gasteiger partial charge >= 0.3 is 0 Å². The van der Waals surface area contributed by atoms with Gasteiger partial charge in [0.1, 0.15) is 17.5 Å². The van der Waals surface area contributed by atoms with E-state index in [1.165, 1.54) is 0 Å². The molecule has 2 atom stereocenters. The zero-order valence-electron chi connectivity index (χ0n) is 8.84. The lowest BCUT2D eigenvalue weighted by Crippen LogP contribution is -2.41. The molecule has 88 valence electrons. The summed E-state index contributed by atoms with van der Waals surface area (Å²) in [6.45, 7) is 1.04. The summed E-state index contributed by atoms with van der Waals surface area (Å²) in [4.78, 5) is 13.3. The van der Waals surface area contributed by atoms with Crippen molar-refractivity contribution in [3.63, 3.8) is 0 Å². The molecule has 0 aliphatic carbocycles. The highest BCUT2D eigenvalue weighted by Gasteiger charge is 2.29. The zero-order chi connectivity index (χ0) is 11.5. The van der Waals surface area contributed by atoms with Gasteiger partial charge in [-0.1, -0.05) is 11.6 Å². The van der Waals surface area contributed by atoms with E-state index in [-0.39, 0.29) is 6.10 Å². The third-order valence-electron chi connectivity index (χ3n) is 2.27. The molecule has 0 saturated carbocycles. The number of nitrogen functional groups attached to an aromatic ring is 1. The van der Waals surface area contributed by atoms with Gasteiger partial charge in [-0.15, -0.1) is 0 Å². The first-order valence-corrected chi connectivity index (χ1v) is 5.29. The van der Waals surface area contributed by atoms with Crippen LogP contribution in [0.3, 0.4) is 0 Å². The summed E-state index contributed by atoms with van der Waals surface area (Å²) < 4.78 is 5.52. The van der Waals surface area contributed by atoms with Gasteiger partial charge in [-0.2, -0.15) is 5.06 Å². The molecule has 0 spiro atoms. The molecule has 1 saturated heterocycles. The van der Waals surface area contributed by atoms with Crippen molar-refractivity contribution in [3.05, 3.63) is 18.1 Å². The van der Waals surface area contributed by atoms with Crippen LogP contribution in [0, 0.1) is 0 Å². The van der Waals surface area contributed by atoms with Crippen LogP contribution in [0.1, 0.15) is 11.9 Å². The maximum atomic E-state index is 5.94. The molecule has 2 N–H and O–H groups in total. The molecule has 2 heterocycles. The second kappa shape index (κ2) is 4.92. The largest absolute Gasteiger partial charge is 0.384 e. The van der Waals surface area contributed by atoms with Gasteiger partial charge in [0.15, 0.2) is 5.82 Å². The summed E-state index contributed by atoms with van der Waals surface area (Å²) >= 11 is 5.94. The minimum absolute atomic E-state index is 0.320. The van der Waals surface area contributed by atoms with Crippen LogP contribution >= 0.6 is 11.6 Å². The highest BCUT2D eigenvalue weighted by molar-refractivity contribution is 6.19. The molecule has 1 aliphatic heterocycles. The lowest BCUT2D eigenvalue weighted by Gasteiger charge is -2.33. The number of hydroxylamine groups is 2. The molecule has 7 heteroatoms. The van der Waals surface area contributed by atoms with Crippen molar-refractivity contribution in [3.8, 4) is 0 Å². The van der Waals surface area contributed by atoms with Gasteiger partial charge in [0.2, 0.25) is 0 Å². The van der Waals surface area contributed by atoms with Gasteiger partial charge in [0, 0.05) is 6.20 Å². The van der Waals surface area contributed by atoms with Crippen molar-refractivity contribution in [1.29, 1.82) is 0 Å². The maximum Gasteiger partial charge on any atom is 0.160 e. The number of halogens is 1. The van der Waals surface area contributed by atoms with Crippen molar-refractivity contribution in [2.24, 2.45) is 0 Å². The fraction of sp³-hybridized carbons (Fsp3) is 0.556. The van der Waals surface area contributed by atoms with Crippen LogP contribution in [0.2, 0.25) is 0 Å². The normalized spacial score (nSPS) is 26.9. The Balaban J connectivity index is 2.14. The van der Waals surface area contributed by atoms with Crippen molar-refractivity contribution in [2.75, 3.05) is 25.9 Å². The van der Waals surface area contributed by atoms with Crippen LogP contribution in [-0.2, 0) is 9.57 Å². The number of ether oxygens (including phenoxy) is 1. The van der Waals surface area contributed by atoms with Crippen molar-refractivity contribution < 1.29 is 9.57 Å². The predicted molar refractivity (Wildman–Crippen MR) is 58.5 cm³/mol. The van der Waals surface area contributed by atoms with E-state index in [0.29, 0.717) is 24.7 Å². The number of morpholine rings is 1. The first-order chi connectivity index (χ1) is 7.69. The highest BCUT2D eigenvalue weighted by Crippen LogP contribution is 2.24. The minimum atomic E-state index is -0.441. The number of aromatic nitrogens is 2. The molecule has 0 radical (unpaired) electrons. The molecule has 1 fully saturated rings. The second-order valence-corrected chi connectivity index (χ2v) is 3.89. The smallest absolute Gasteiger partial charge is 0.160 e. The number of nitrogens with two attached hydrogens (primary N) is 1. The van der Waals surface area contributed by atoms with E-state index in [1.807, 2.05) is 0 Å². The Morgan fingerprint density at radius 1 is 1.62 bits per heavy atom. The van der Waals surface area contributed by atoms with Crippen molar-refractivity contribution in [2.45, 2.75) is 11.7 Å². The van der Waals surface area contributed by atoms with Crippen molar-refractivity contribution in [1.82, 2.24) is 15.0 Å². The van der Waals surface area contributed by atoms with Crippen LogP contribution in [0.4, 0.5) is 5.82 Å². The number of hydrogen-bond acceptors (Lipinski definition) is 6. The lowest BCUT2D eigenvalue weighted by molar-refractivity contribution is -0.204. The highest BCUT2D eigenvalue weighted by atomic mass is 35.5. The molecule has 0 bridgehead atoms. The number of alkyl halides is 1. The summed E-state index contributed by atoms with van der Waals surface area (Å²) in [5, 5.41) is 1.71. The number of nitrogens with zero attached hydrogens (tertiary/aromatic N) is 3. The van der Waals surface area contributed by atoms with Gasteiger partial charge in [-0.05, 0) is 6.07 Å². The second-order valence-electron chi connectivity index (χ2n) is 3.40. The molecule has 2 rings (SSSR count). The van der Waals surface area contributed by atoms with Crippen LogP contribution < -0.4 is 5.73 Å². The topological polar surface area (TPSA) is 73.5 Å². The maximum absolute atomic E-state index is 5.94. The summed E-state index contributed by atoms with van der Waals surface area (Å²) in [5.74, 6) is 0.932. The number of hydrogen-bond donors (Lipinski definition) is 1. The molecule has 0 aromatic carbocycles. The molecular weight excluding hydrogens is 232 g/mol. The Kier molecular flexibility index (Phi) is 3.55. The summed E-state index contributed by atoms with van der Waals surface area (Å²) in [7, 11) is 1.59. The Labute approximate surface area is 98.3 Å². The Hall–Kier alpha value is -0.950. The molecule has 0 amide bonds. The Bertz CT molecular complexity index is 365. The third kappa shape index (κ3) is 2.59. The quantitative estimate of drug-likeness (QED) is 0.767. The molecule has 1 aromatic heterocycles. The fourth-order valence-electron chi connectivity index (χ4n) is 1.52. The van der Waals surface area contributed by atoms with Gasteiger partial charge < -0.3 is 15.3 Å². The molecule has 6 nitrogen and oxygen atoms in total. The standard InChI is InChI=1S/C9H13ClN4O2/c1-15-14-4-6(16-7(10)5-14)9-12-3-2-8(11)13-9/h2-3,6-7H,4-5H2,1H3,(H2,11,12,13). The van der Waals surface area contributed by atoms with Crippen LogP contribution in [-0.4, -0.2) is 40.8 Å². The number of anilines is 1. The van der Waals surface area contributed by atoms with E-state index in [2.05, 4.69) is 9.97 Å². The van der Waals surface area contributed by atoms with E-state index in [1.54, 1.807) is 24.4 Å². The van der Waals surface area contributed by atoms with E-state index in [9.17, 15) is 0 Å². The molecule has 2 unspecified atom stereocenters. The van der Waals surface area contributed by atoms with E-state index >= 15 is 0 Å². The Morgan fingerprint density at radius 3 is 3.12 bits per heavy atom. The van der Waals surface area contributed by atoms with E-state index in [4.69, 9.17) is 26.9 Å². The minimum Gasteiger partial charge on any atom is -0.384 e. The fourth-order valence-corrected chi connectivity index (χ4v) is 1.80. The summed E-state index contributed by atoms with van der Waals surface area (Å²) in [5.41, 5.74) is 5.14. The molecule has 1 aliphatic rings. The van der Waals surface area contributed by atoms with Crippen LogP contribution in [0.15, 0.2) is 12.3 Å².